The summed E-state index contributed by atoms with van der Waals surface area (Å²) in [6.45, 7) is 4.35. The molecule has 0 fully saturated rings. The maximum atomic E-state index is 5.74. The second-order valence-corrected chi connectivity index (χ2v) is 6.13. The highest BCUT2D eigenvalue weighted by Crippen LogP contribution is 2.30. The van der Waals surface area contributed by atoms with Crippen molar-refractivity contribution in [2.45, 2.75) is 88.9 Å². The SMILES string of the molecule is CCCCCCCCCC(CCC)(OC)OC(Cl)Cl. The first kappa shape index (κ1) is 19.5. The first-order valence-corrected chi connectivity index (χ1v) is 8.48. The van der Waals surface area contributed by atoms with E-state index in [0.29, 0.717) is 0 Å². The molecule has 0 amide bonds. The molecule has 0 heterocycles. The summed E-state index contributed by atoms with van der Waals surface area (Å²) >= 11 is 11.5. The number of methoxy groups -OCH3 is 1. The maximum Gasteiger partial charge on any atom is 0.209 e. The monoisotopic (exact) mass is 312 g/mol. The van der Waals surface area contributed by atoms with Gasteiger partial charge >= 0.3 is 0 Å². The Morgan fingerprint density at radius 2 is 1.42 bits per heavy atom. The average molecular weight is 313 g/mol. The molecule has 0 saturated carbocycles. The Bertz CT molecular complexity index is 201. The highest BCUT2D eigenvalue weighted by Gasteiger charge is 2.31. The molecule has 0 bridgehead atoms. The van der Waals surface area contributed by atoms with Crippen LogP contribution in [0.3, 0.4) is 0 Å². The first-order chi connectivity index (χ1) is 9.10. The van der Waals surface area contributed by atoms with Gasteiger partial charge in [0, 0.05) is 20.0 Å². The average Bonchev–Trinajstić information content (AvgIpc) is 2.37. The van der Waals surface area contributed by atoms with E-state index in [1.165, 1.54) is 38.5 Å². The molecule has 0 aromatic rings. The molecule has 0 N–H and O–H groups in total. The van der Waals surface area contributed by atoms with Crippen molar-refractivity contribution in [3.8, 4) is 0 Å². The van der Waals surface area contributed by atoms with Crippen LogP contribution in [0, 0.1) is 0 Å². The Labute approximate surface area is 129 Å². The summed E-state index contributed by atoms with van der Waals surface area (Å²) in [5, 5.41) is -0.823. The third-order valence-corrected chi connectivity index (χ3v) is 3.65. The smallest absolute Gasteiger partial charge is 0.209 e. The molecule has 1 atom stereocenters. The molecule has 19 heavy (non-hydrogen) atoms. The molecule has 2 nitrogen and oxygen atoms in total. The Morgan fingerprint density at radius 3 is 1.89 bits per heavy atom. The quantitative estimate of drug-likeness (QED) is 0.234. The van der Waals surface area contributed by atoms with Crippen LogP contribution in [0.1, 0.15) is 78.1 Å². The molecule has 0 aliphatic heterocycles. The maximum absolute atomic E-state index is 5.74. The summed E-state index contributed by atoms with van der Waals surface area (Å²) in [7, 11) is 1.67. The van der Waals surface area contributed by atoms with Crippen molar-refractivity contribution in [3.05, 3.63) is 0 Å². The van der Waals surface area contributed by atoms with Gasteiger partial charge in [-0.1, -0.05) is 82.0 Å². The molecule has 1 unspecified atom stereocenters. The molecular weight excluding hydrogens is 283 g/mol. The number of hydrogen-bond donors (Lipinski definition) is 0. The summed E-state index contributed by atoms with van der Waals surface area (Å²) in [4.78, 5) is 0. The second kappa shape index (κ2) is 12.3. The van der Waals surface area contributed by atoms with Crippen molar-refractivity contribution in [1.82, 2.24) is 0 Å². The van der Waals surface area contributed by atoms with Crippen LogP contribution in [0.25, 0.3) is 0 Å². The van der Waals surface area contributed by atoms with Crippen LogP contribution in [0.15, 0.2) is 0 Å². The lowest BCUT2D eigenvalue weighted by Gasteiger charge is -2.32. The molecule has 0 aromatic heterocycles. The van der Waals surface area contributed by atoms with Gasteiger partial charge in [0.1, 0.15) is 0 Å². The van der Waals surface area contributed by atoms with Crippen LogP contribution in [0.4, 0.5) is 0 Å². The highest BCUT2D eigenvalue weighted by atomic mass is 35.5. The normalized spacial score (nSPS) is 14.8. The third kappa shape index (κ3) is 9.95. The summed E-state index contributed by atoms with van der Waals surface area (Å²) in [5.41, 5.74) is 0. The highest BCUT2D eigenvalue weighted by molar-refractivity contribution is 6.43. The van der Waals surface area contributed by atoms with Crippen molar-refractivity contribution in [2.24, 2.45) is 0 Å². The van der Waals surface area contributed by atoms with Gasteiger partial charge in [-0.2, -0.15) is 0 Å². The number of ether oxygens (including phenoxy) is 2. The van der Waals surface area contributed by atoms with E-state index in [9.17, 15) is 0 Å². The minimum absolute atomic E-state index is 0.605. The number of hydrogen-bond acceptors (Lipinski definition) is 2. The fraction of sp³-hybridized carbons (Fsp3) is 1.00. The Kier molecular flexibility index (Phi) is 12.6. The molecular formula is C15H30Cl2O2. The Hall–Kier alpha value is 0.500. The predicted octanol–water partition coefficient (Wildman–Crippen LogP) is 6.05. The van der Waals surface area contributed by atoms with Gasteiger partial charge in [0.15, 0.2) is 5.79 Å². The topological polar surface area (TPSA) is 18.5 Å². The van der Waals surface area contributed by atoms with Crippen LogP contribution in [0.5, 0.6) is 0 Å². The van der Waals surface area contributed by atoms with E-state index in [0.717, 1.165) is 25.7 Å². The Morgan fingerprint density at radius 1 is 0.842 bits per heavy atom. The van der Waals surface area contributed by atoms with Gasteiger partial charge in [-0.15, -0.1) is 0 Å². The van der Waals surface area contributed by atoms with Gasteiger partial charge in [0.25, 0.3) is 0 Å². The number of rotatable bonds is 13. The van der Waals surface area contributed by atoms with Crippen LogP contribution in [-0.2, 0) is 9.47 Å². The second-order valence-electron chi connectivity index (χ2n) is 5.11. The van der Waals surface area contributed by atoms with Crippen molar-refractivity contribution >= 4 is 23.2 Å². The summed E-state index contributed by atoms with van der Waals surface area (Å²) in [6, 6.07) is 0. The van der Waals surface area contributed by atoms with E-state index in [1.807, 2.05) is 0 Å². The van der Waals surface area contributed by atoms with Crippen molar-refractivity contribution in [3.63, 3.8) is 0 Å². The fourth-order valence-electron chi connectivity index (χ4n) is 2.39. The predicted molar refractivity (Wildman–Crippen MR) is 83.8 cm³/mol. The van der Waals surface area contributed by atoms with Gasteiger partial charge in [-0.05, 0) is 6.42 Å². The van der Waals surface area contributed by atoms with Crippen molar-refractivity contribution in [2.75, 3.05) is 7.11 Å². The molecule has 0 radical (unpaired) electrons. The minimum Gasteiger partial charge on any atom is -0.353 e. The number of unbranched alkanes of at least 4 members (excludes halogenated alkanes) is 6. The van der Waals surface area contributed by atoms with Crippen molar-refractivity contribution < 1.29 is 9.47 Å². The molecule has 0 aliphatic rings. The molecule has 0 rings (SSSR count). The van der Waals surface area contributed by atoms with Crippen LogP contribution >= 0.6 is 23.2 Å². The van der Waals surface area contributed by atoms with E-state index in [4.69, 9.17) is 32.7 Å². The van der Waals surface area contributed by atoms with E-state index < -0.39 is 10.8 Å². The van der Waals surface area contributed by atoms with Crippen LogP contribution < -0.4 is 0 Å². The van der Waals surface area contributed by atoms with E-state index >= 15 is 0 Å². The minimum atomic E-state index is -0.823. The molecule has 4 heteroatoms. The van der Waals surface area contributed by atoms with Crippen LogP contribution in [-0.4, -0.2) is 17.9 Å². The molecule has 0 spiro atoms. The summed E-state index contributed by atoms with van der Waals surface area (Å²) in [6.07, 6.45) is 11.6. The zero-order valence-corrected chi connectivity index (χ0v) is 14.2. The molecule has 0 saturated heterocycles. The Balaban J connectivity index is 3.91. The fourth-order valence-corrected chi connectivity index (χ4v) is 2.71. The van der Waals surface area contributed by atoms with Gasteiger partial charge in [0.2, 0.25) is 5.02 Å². The molecule has 0 aromatic carbocycles. The lowest BCUT2D eigenvalue weighted by atomic mass is 10.0. The van der Waals surface area contributed by atoms with E-state index in [-0.39, 0.29) is 0 Å². The van der Waals surface area contributed by atoms with E-state index in [2.05, 4.69) is 13.8 Å². The third-order valence-electron chi connectivity index (χ3n) is 3.47. The molecule has 116 valence electrons. The van der Waals surface area contributed by atoms with Gasteiger partial charge < -0.3 is 9.47 Å². The van der Waals surface area contributed by atoms with Crippen LogP contribution in [0.2, 0.25) is 0 Å². The number of halogens is 2. The summed E-state index contributed by atoms with van der Waals surface area (Å²) < 4.78 is 11.1. The lowest BCUT2D eigenvalue weighted by Crippen LogP contribution is -2.36. The lowest BCUT2D eigenvalue weighted by molar-refractivity contribution is -0.228. The number of alkyl halides is 2. The van der Waals surface area contributed by atoms with E-state index in [1.54, 1.807) is 7.11 Å². The largest absolute Gasteiger partial charge is 0.353 e. The van der Waals surface area contributed by atoms with Gasteiger partial charge in [-0.25, -0.2) is 0 Å². The summed E-state index contributed by atoms with van der Waals surface area (Å²) in [5.74, 6) is -0.605. The zero-order chi connectivity index (χ0) is 14.6. The van der Waals surface area contributed by atoms with Gasteiger partial charge in [0.05, 0.1) is 0 Å². The van der Waals surface area contributed by atoms with Gasteiger partial charge in [-0.3, -0.25) is 0 Å². The first-order valence-electron chi connectivity index (χ1n) is 7.61. The van der Waals surface area contributed by atoms with Crippen molar-refractivity contribution in [1.29, 1.82) is 0 Å². The molecule has 0 aliphatic carbocycles. The standard InChI is InChI=1S/C15H30Cl2O2/c1-4-6-7-8-9-10-11-13-15(18-3,12-5-2)19-14(16)17/h14H,4-13H2,1-3H3. The zero-order valence-electron chi connectivity index (χ0n) is 12.7.